The summed E-state index contributed by atoms with van der Waals surface area (Å²) in [6.07, 6.45) is 0. The van der Waals surface area contributed by atoms with E-state index in [0.29, 0.717) is 22.9 Å². The van der Waals surface area contributed by atoms with Crippen LogP contribution in [0.3, 0.4) is 0 Å². The molecule has 0 spiro atoms. The molecular weight excluding hydrogens is 436 g/mol. The second-order valence-corrected chi connectivity index (χ2v) is 7.12. The van der Waals surface area contributed by atoms with Crippen LogP contribution in [0.4, 0.5) is 0 Å². The molecule has 4 nitrogen and oxygen atoms in total. The molecule has 132 valence electrons. The van der Waals surface area contributed by atoms with Gasteiger partial charge >= 0.3 is 0 Å². The number of nitrogens with one attached hydrogen (secondary N) is 2. The summed E-state index contributed by atoms with van der Waals surface area (Å²) in [4.78, 5) is 12.2. The lowest BCUT2D eigenvalue weighted by Gasteiger charge is -2.09. The Balaban J connectivity index is 1.56. The van der Waals surface area contributed by atoms with Gasteiger partial charge in [-0.25, -0.2) is 0 Å². The summed E-state index contributed by atoms with van der Waals surface area (Å²) in [7, 11) is 0. The Morgan fingerprint density at radius 2 is 1.81 bits per heavy atom. The van der Waals surface area contributed by atoms with Crippen molar-refractivity contribution in [1.82, 2.24) is 10.6 Å². The lowest BCUT2D eigenvalue weighted by atomic mass is 10.2. The molecular formula is C19H14BrClN2O2S. The second kappa shape index (κ2) is 8.49. The normalized spacial score (nSPS) is 10.4. The Morgan fingerprint density at radius 3 is 2.54 bits per heavy atom. The van der Waals surface area contributed by atoms with E-state index in [9.17, 15) is 4.79 Å². The minimum atomic E-state index is -0.358. The summed E-state index contributed by atoms with van der Waals surface area (Å²) < 4.78 is 6.81. The highest BCUT2D eigenvalue weighted by Crippen LogP contribution is 2.24. The van der Waals surface area contributed by atoms with Crippen molar-refractivity contribution in [1.29, 1.82) is 0 Å². The molecule has 0 saturated heterocycles. The number of thiocarbonyl (C=S) groups is 1. The molecule has 7 heteroatoms. The van der Waals surface area contributed by atoms with Crippen LogP contribution in [0.25, 0.3) is 11.3 Å². The van der Waals surface area contributed by atoms with Crippen LogP contribution in [-0.2, 0) is 6.54 Å². The molecule has 1 aromatic heterocycles. The minimum absolute atomic E-state index is 0.205. The number of rotatable bonds is 4. The van der Waals surface area contributed by atoms with Crippen LogP contribution in [0.1, 0.15) is 16.1 Å². The van der Waals surface area contributed by atoms with Gasteiger partial charge in [-0.1, -0.05) is 51.8 Å². The molecule has 0 aliphatic heterocycles. The average molecular weight is 450 g/mol. The maximum atomic E-state index is 12.2. The van der Waals surface area contributed by atoms with E-state index in [2.05, 4.69) is 26.6 Å². The molecule has 0 saturated carbocycles. The Hall–Kier alpha value is -2.15. The van der Waals surface area contributed by atoms with Crippen molar-refractivity contribution in [3.8, 4) is 11.3 Å². The Labute approximate surface area is 169 Å². The first-order chi connectivity index (χ1) is 12.5. The zero-order valence-electron chi connectivity index (χ0n) is 13.5. The van der Waals surface area contributed by atoms with Gasteiger partial charge in [-0.15, -0.1) is 0 Å². The van der Waals surface area contributed by atoms with Crippen LogP contribution in [0, 0.1) is 0 Å². The molecule has 2 aromatic carbocycles. The molecule has 3 rings (SSSR count). The van der Waals surface area contributed by atoms with Gasteiger partial charge in [0, 0.05) is 10.0 Å². The van der Waals surface area contributed by atoms with Crippen molar-refractivity contribution in [2.24, 2.45) is 0 Å². The van der Waals surface area contributed by atoms with Crippen molar-refractivity contribution in [2.45, 2.75) is 6.54 Å². The standard InChI is InChI=1S/C19H14BrClN2O2S/c20-13-7-5-12(6-8-13)17-10-9-14(25-17)11-22-19(26)23-18(24)15-3-1-2-4-16(15)21/h1-10H,11H2,(H2,22,23,24,26). The summed E-state index contributed by atoms with van der Waals surface area (Å²) in [5.74, 6) is 1.11. The Bertz CT molecular complexity index is 941. The smallest absolute Gasteiger partial charge is 0.258 e. The second-order valence-electron chi connectivity index (χ2n) is 5.39. The lowest BCUT2D eigenvalue weighted by Crippen LogP contribution is -2.38. The van der Waals surface area contributed by atoms with E-state index < -0.39 is 0 Å². The number of hydrogen-bond donors (Lipinski definition) is 2. The minimum Gasteiger partial charge on any atom is -0.459 e. The van der Waals surface area contributed by atoms with E-state index in [1.807, 2.05) is 36.4 Å². The van der Waals surface area contributed by atoms with Crippen LogP contribution < -0.4 is 10.6 Å². The number of halogens is 2. The van der Waals surface area contributed by atoms with Gasteiger partial charge in [-0.2, -0.15) is 0 Å². The highest BCUT2D eigenvalue weighted by atomic mass is 79.9. The van der Waals surface area contributed by atoms with Gasteiger partial charge in [-0.05, 0) is 48.6 Å². The van der Waals surface area contributed by atoms with Crippen LogP contribution in [0.15, 0.2) is 69.6 Å². The van der Waals surface area contributed by atoms with Gasteiger partial charge in [-0.3, -0.25) is 10.1 Å². The first kappa shape index (κ1) is 18.6. The summed E-state index contributed by atoms with van der Waals surface area (Å²) >= 11 is 14.6. The van der Waals surface area contributed by atoms with Gasteiger partial charge in [0.15, 0.2) is 5.11 Å². The van der Waals surface area contributed by atoms with Crippen LogP contribution >= 0.6 is 39.7 Å². The van der Waals surface area contributed by atoms with Crippen LogP contribution in [0.2, 0.25) is 5.02 Å². The van der Waals surface area contributed by atoms with E-state index >= 15 is 0 Å². The van der Waals surface area contributed by atoms with Gasteiger partial charge in [0.25, 0.3) is 5.91 Å². The number of furan rings is 1. The number of carbonyl (C=O) groups excluding carboxylic acids is 1. The largest absolute Gasteiger partial charge is 0.459 e. The van der Waals surface area contributed by atoms with E-state index in [4.69, 9.17) is 28.2 Å². The Kier molecular flexibility index (Phi) is 6.08. The molecule has 1 heterocycles. The average Bonchev–Trinajstić information content (AvgIpc) is 3.10. The molecule has 0 unspecified atom stereocenters. The van der Waals surface area contributed by atoms with Crippen LogP contribution in [0.5, 0.6) is 0 Å². The predicted molar refractivity (Wildman–Crippen MR) is 110 cm³/mol. The summed E-state index contributed by atoms with van der Waals surface area (Å²) in [5.41, 5.74) is 1.35. The van der Waals surface area contributed by atoms with Gasteiger partial charge in [0.05, 0.1) is 17.1 Å². The zero-order chi connectivity index (χ0) is 18.5. The fraction of sp³-hybridized carbons (Fsp3) is 0.0526. The molecule has 0 fully saturated rings. The van der Waals surface area contributed by atoms with Crippen LogP contribution in [-0.4, -0.2) is 11.0 Å². The Morgan fingerprint density at radius 1 is 1.08 bits per heavy atom. The van der Waals surface area contributed by atoms with Gasteiger partial charge in [0.2, 0.25) is 0 Å². The van der Waals surface area contributed by atoms with E-state index in [1.54, 1.807) is 24.3 Å². The highest BCUT2D eigenvalue weighted by molar-refractivity contribution is 9.10. The highest BCUT2D eigenvalue weighted by Gasteiger charge is 2.11. The SMILES string of the molecule is O=C(NC(=S)NCc1ccc(-c2ccc(Br)cc2)o1)c1ccccc1Cl. The molecule has 0 bridgehead atoms. The molecule has 0 atom stereocenters. The molecule has 3 aromatic rings. The first-order valence-corrected chi connectivity index (χ1v) is 9.29. The van der Waals surface area contributed by atoms with Crippen molar-refractivity contribution >= 4 is 50.8 Å². The van der Waals surface area contributed by atoms with E-state index in [1.165, 1.54) is 0 Å². The first-order valence-electron chi connectivity index (χ1n) is 7.71. The maximum absolute atomic E-state index is 12.2. The van der Waals surface area contributed by atoms with E-state index in [-0.39, 0.29) is 11.0 Å². The number of carbonyl (C=O) groups is 1. The fourth-order valence-electron chi connectivity index (χ4n) is 2.27. The van der Waals surface area contributed by atoms with Gasteiger partial charge < -0.3 is 9.73 Å². The number of hydrogen-bond acceptors (Lipinski definition) is 3. The van der Waals surface area contributed by atoms with Crippen molar-refractivity contribution < 1.29 is 9.21 Å². The fourth-order valence-corrected chi connectivity index (χ4v) is 2.92. The monoisotopic (exact) mass is 448 g/mol. The number of benzene rings is 2. The number of amides is 1. The third kappa shape index (κ3) is 4.72. The predicted octanol–water partition coefficient (Wildman–Crippen LogP) is 5.17. The van der Waals surface area contributed by atoms with Crippen molar-refractivity contribution in [2.75, 3.05) is 0 Å². The maximum Gasteiger partial charge on any atom is 0.258 e. The van der Waals surface area contributed by atoms with Crippen molar-refractivity contribution in [3.63, 3.8) is 0 Å². The third-order valence-electron chi connectivity index (χ3n) is 3.56. The molecule has 0 radical (unpaired) electrons. The topological polar surface area (TPSA) is 54.3 Å². The quantitative estimate of drug-likeness (QED) is 0.540. The molecule has 0 aliphatic carbocycles. The van der Waals surface area contributed by atoms with E-state index in [0.717, 1.165) is 15.8 Å². The molecule has 26 heavy (non-hydrogen) atoms. The summed E-state index contributed by atoms with van der Waals surface area (Å²) in [6, 6.07) is 18.4. The summed E-state index contributed by atoms with van der Waals surface area (Å²) in [5, 5.41) is 6.13. The lowest BCUT2D eigenvalue weighted by molar-refractivity contribution is 0.0976. The molecule has 1 amide bonds. The summed E-state index contributed by atoms with van der Waals surface area (Å²) in [6.45, 7) is 0.359. The molecule has 2 N–H and O–H groups in total. The third-order valence-corrected chi connectivity index (χ3v) is 4.66. The molecule has 0 aliphatic rings. The zero-order valence-corrected chi connectivity index (χ0v) is 16.6. The van der Waals surface area contributed by atoms with Crippen molar-refractivity contribution in [3.05, 3.63) is 81.5 Å². The van der Waals surface area contributed by atoms with Gasteiger partial charge in [0.1, 0.15) is 11.5 Å².